The molecule has 134 valence electrons. The van der Waals surface area contributed by atoms with Gasteiger partial charge in [0, 0.05) is 24.9 Å². The van der Waals surface area contributed by atoms with Crippen molar-refractivity contribution in [3.63, 3.8) is 0 Å². The van der Waals surface area contributed by atoms with Crippen LogP contribution in [-0.4, -0.2) is 55.7 Å². The Kier molecular flexibility index (Phi) is 5.52. The number of amides is 1. The van der Waals surface area contributed by atoms with Crippen LogP contribution in [0.4, 0.5) is 4.79 Å². The van der Waals surface area contributed by atoms with E-state index in [2.05, 4.69) is 5.32 Å². The Balaban J connectivity index is 2.04. The third kappa shape index (κ3) is 4.93. The van der Waals surface area contributed by atoms with Crippen LogP contribution in [0.5, 0.6) is 0 Å². The minimum atomic E-state index is -3.42. The fourth-order valence-electron chi connectivity index (χ4n) is 2.81. The zero-order valence-corrected chi connectivity index (χ0v) is 15.0. The van der Waals surface area contributed by atoms with Crippen molar-refractivity contribution in [3.05, 3.63) is 35.9 Å². The molecule has 1 aliphatic heterocycles. The monoisotopic (exact) mass is 355 g/mol. The van der Waals surface area contributed by atoms with Crippen LogP contribution in [0, 0.1) is 0 Å². The summed E-state index contributed by atoms with van der Waals surface area (Å²) in [6, 6.07) is 8.83. The number of piperazine rings is 1. The molecular formula is C16H25N3O4S. The zero-order valence-electron chi connectivity index (χ0n) is 14.2. The first-order valence-electron chi connectivity index (χ1n) is 7.76. The van der Waals surface area contributed by atoms with Gasteiger partial charge in [0.2, 0.25) is 0 Å². The van der Waals surface area contributed by atoms with Gasteiger partial charge in [0.15, 0.2) is 9.84 Å². The van der Waals surface area contributed by atoms with E-state index in [1.165, 1.54) is 4.90 Å². The Hall–Kier alpha value is -1.64. The molecule has 0 saturated carbocycles. The maximum Gasteiger partial charge on any atom is 0.410 e. The number of rotatable bonds is 4. The molecule has 1 heterocycles. The first-order chi connectivity index (χ1) is 11.1. The molecule has 1 aromatic carbocycles. The van der Waals surface area contributed by atoms with Crippen LogP contribution in [-0.2, 0) is 21.2 Å². The molecular weight excluding hydrogens is 330 g/mol. The zero-order chi connectivity index (χ0) is 18.0. The van der Waals surface area contributed by atoms with Crippen molar-refractivity contribution >= 4 is 15.9 Å². The van der Waals surface area contributed by atoms with Crippen molar-refractivity contribution < 1.29 is 17.9 Å². The topological polar surface area (TPSA) is 102 Å². The SMILES string of the molecule is CC1(C)CN(C(=O)OCc2ccccc2)CC(C(N)S(C)(=O)=O)N1. The summed E-state index contributed by atoms with van der Waals surface area (Å²) in [7, 11) is -3.42. The number of sulfone groups is 1. The highest BCUT2D eigenvalue weighted by Crippen LogP contribution is 2.18. The Labute approximate surface area is 143 Å². The molecule has 24 heavy (non-hydrogen) atoms. The molecule has 7 nitrogen and oxygen atoms in total. The molecule has 8 heteroatoms. The smallest absolute Gasteiger partial charge is 0.410 e. The van der Waals surface area contributed by atoms with E-state index in [-0.39, 0.29) is 13.2 Å². The summed E-state index contributed by atoms with van der Waals surface area (Å²) in [5, 5.41) is 2.12. The summed E-state index contributed by atoms with van der Waals surface area (Å²) in [6.45, 7) is 4.56. The Morgan fingerprint density at radius 2 is 2.04 bits per heavy atom. The van der Waals surface area contributed by atoms with Crippen LogP contribution >= 0.6 is 0 Å². The van der Waals surface area contributed by atoms with Gasteiger partial charge in [0.1, 0.15) is 12.0 Å². The van der Waals surface area contributed by atoms with Crippen LogP contribution in [0.25, 0.3) is 0 Å². The molecule has 1 aromatic rings. The molecule has 2 atom stereocenters. The first kappa shape index (κ1) is 18.7. The van der Waals surface area contributed by atoms with Gasteiger partial charge in [-0.25, -0.2) is 13.2 Å². The summed E-state index contributed by atoms with van der Waals surface area (Å²) in [5.41, 5.74) is 6.28. The van der Waals surface area contributed by atoms with E-state index in [1.54, 1.807) is 0 Å². The molecule has 1 aliphatic rings. The van der Waals surface area contributed by atoms with Crippen molar-refractivity contribution in [1.29, 1.82) is 0 Å². The third-order valence-electron chi connectivity index (χ3n) is 3.93. The maximum atomic E-state index is 12.4. The van der Waals surface area contributed by atoms with E-state index in [9.17, 15) is 13.2 Å². The Morgan fingerprint density at radius 1 is 1.42 bits per heavy atom. The molecule has 0 bridgehead atoms. The van der Waals surface area contributed by atoms with Crippen LogP contribution in [0.3, 0.4) is 0 Å². The van der Waals surface area contributed by atoms with Crippen molar-refractivity contribution in [1.82, 2.24) is 10.2 Å². The molecule has 2 unspecified atom stereocenters. The number of nitrogens with one attached hydrogen (secondary N) is 1. The van der Waals surface area contributed by atoms with Crippen molar-refractivity contribution in [2.75, 3.05) is 19.3 Å². The minimum Gasteiger partial charge on any atom is -0.445 e. The van der Waals surface area contributed by atoms with Crippen LogP contribution in [0.1, 0.15) is 19.4 Å². The molecule has 0 spiro atoms. The number of ether oxygens (including phenoxy) is 1. The van der Waals surface area contributed by atoms with Gasteiger partial charge in [-0.05, 0) is 19.4 Å². The molecule has 1 fully saturated rings. The average molecular weight is 355 g/mol. The molecule has 2 rings (SSSR count). The van der Waals surface area contributed by atoms with Crippen LogP contribution in [0.2, 0.25) is 0 Å². The van der Waals surface area contributed by atoms with E-state index in [0.29, 0.717) is 6.54 Å². The summed E-state index contributed by atoms with van der Waals surface area (Å²) >= 11 is 0. The summed E-state index contributed by atoms with van der Waals surface area (Å²) < 4.78 is 28.8. The van der Waals surface area contributed by atoms with Gasteiger partial charge < -0.3 is 20.7 Å². The fourth-order valence-corrected chi connectivity index (χ4v) is 3.56. The van der Waals surface area contributed by atoms with E-state index in [1.807, 2.05) is 44.2 Å². The van der Waals surface area contributed by atoms with E-state index >= 15 is 0 Å². The fraction of sp³-hybridized carbons (Fsp3) is 0.562. The lowest BCUT2D eigenvalue weighted by Gasteiger charge is -2.44. The van der Waals surface area contributed by atoms with Gasteiger partial charge in [-0.1, -0.05) is 30.3 Å². The van der Waals surface area contributed by atoms with Crippen LogP contribution < -0.4 is 11.1 Å². The predicted molar refractivity (Wildman–Crippen MR) is 92.0 cm³/mol. The number of hydrogen-bond acceptors (Lipinski definition) is 6. The number of nitrogens with two attached hydrogens (primary N) is 1. The van der Waals surface area contributed by atoms with E-state index in [4.69, 9.17) is 10.5 Å². The Bertz CT molecular complexity index is 676. The highest BCUT2D eigenvalue weighted by Gasteiger charge is 2.40. The van der Waals surface area contributed by atoms with Gasteiger partial charge in [-0.2, -0.15) is 0 Å². The standard InChI is InChI=1S/C16H25N3O4S/c1-16(2)11-19(9-13(18-16)14(17)24(3,21)22)15(20)23-10-12-7-5-4-6-8-12/h4-8,13-14,18H,9-11,17H2,1-3H3. The Morgan fingerprint density at radius 3 is 2.62 bits per heavy atom. The molecule has 0 aliphatic carbocycles. The third-order valence-corrected chi connectivity index (χ3v) is 5.25. The number of carbonyl (C=O) groups is 1. The number of nitrogens with zero attached hydrogens (tertiary/aromatic N) is 1. The van der Waals surface area contributed by atoms with Crippen molar-refractivity contribution in [2.45, 2.75) is 37.4 Å². The maximum absolute atomic E-state index is 12.4. The number of hydrogen-bond donors (Lipinski definition) is 2. The first-order valence-corrected chi connectivity index (χ1v) is 9.72. The van der Waals surface area contributed by atoms with Gasteiger partial charge in [-0.3, -0.25) is 0 Å². The number of benzene rings is 1. The molecule has 1 saturated heterocycles. The minimum absolute atomic E-state index is 0.173. The van der Waals surface area contributed by atoms with Crippen LogP contribution in [0.15, 0.2) is 30.3 Å². The van der Waals surface area contributed by atoms with Gasteiger partial charge in [0.25, 0.3) is 0 Å². The highest BCUT2D eigenvalue weighted by molar-refractivity contribution is 7.91. The largest absolute Gasteiger partial charge is 0.445 e. The normalized spacial score (nSPS) is 22.0. The second-order valence-corrected chi connectivity index (χ2v) is 9.05. The lowest BCUT2D eigenvalue weighted by Crippen LogP contribution is -2.68. The molecule has 1 amide bonds. The average Bonchev–Trinajstić information content (AvgIpc) is 2.50. The van der Waals surface area contributed by atoms with Gasteiger partial charge >= 0.3 is 6.09 Å². The number of carbonyl (C=O) groups excluding carboxylic acids is 1. The molecule has 0 radical (unpaired) electrons. The summed E-state index contributed by atoms with van der Waals surface area (Å²) in [5.74, 6) is 0. The molecule has 3 N–H and O–H groups in total. The second-order valence-electron chi connectivity index (χ2n) is 6.85. The lowest BCUT2D eigenvalue weighted by molar-refractivity contribution is 0.0621. The highest BCUT2D eigenvalue weighted by atomic mass is 32.2. The predicted octanol–water partition coefficient (Wildman–Crippen LogP) is 0.705. The summed E-state index contributed by atoms with van der Waals surface area (Å²) in [6.07, 6.45) is 0.623. The van der Waals surface area contributed by atoms with Gasteiger partial charge in [-0.15, -0.1) is 0 Å². The van der Waals surface area contributed by atoms with E-state index < -0.39 is 32.9 Å². The van der Waals surface area contributed by atoms with E-state index in [0.717, 1.165) is 11.8 Å². The quantitative estimate of drug-likeness (QED) is 0.825. The second kappa shape index (κ2) is 7.08. The van der Waals surface area contributed by atoms with Gasteiger partial charge in [0.05, 0.1) is 6.04 Å². The summed E-state index contributed by atoms with van der Waals surface area (Å²) in [4.78, 5) is 13.9. The van der Waals surface area contributed by atoms with Crippen molar-refractivity contribution in [2.24, 2.45) is 5.73 Å². The van der Waals surface area contributed by atoms with Crippen molar-refractivity contribution in [3.8, 4) is 0 Å². The lowest BCUT2D eigenvalue weighted by atomic mass is 9.99. The molecule has 0 aromatic heterocycles.